The van der Waals surface area contributed by atoms with Crippen molar-refractivity contribution in [2.24, 2.45) is 5.73 Å². The fraction of sp³-hybridized carbons (Fsp3) is 0.231. The molecule has 106 valence electrons. The number of aromatic nitrogens is 2. The van der Waals surface area contributed by atoms with Crippen molar-refractivity contribution < 1.29 is 13.2 Å². The Labute approximate surface area is 113 Å². The van der Waals surface area contributed by atoms with Gasteiger partial charge in [-0.25, -0.2) is 9.97 Å². The third-order valence-electron chi connectivity index (χ3n) is 2.64. The first kappa shape index (κ1) is 14.3. The normalized spacial score (nSPS) is 13.1. The summed E-state index contributed by atoms with van der Waals surface area (Å²) >= 11 is 0. The lowest BCUT2D eigenvalue weighted by atomic mass is 10.1. The van der Waals surface area contributed by atoms with Crippen LogP contribution in [0.2, 0.25) is 0 Å². The van der Waals surface area contributed by atoms with Crippen LogP contribution in [0.25, 0.3) is 0 Å². The van der Waals surface area contributed by atoms with Gasteiger partial charge in [-0.15, -0.1) is 0 Å². The molecule has 0 spiro atoms. The van der Waals surface area contributed by atoms with Crippen LogP contribution in [0, 0.1) is 0 Å². The summed E-state index contributed by atoms with van der Waals surface area (Å²) < 4.78 is 37.7. The van der Waals surface area contributed by atoms with Crippen LogP contribution in [0.15, 0.2) is 36.5 Å². The molecule has 3 N–H and O–H groups in total. The van der Waals surface area contributed by atoms with Gasteiger partial charge in [0.2, 0.25) is 5.95 Å². The molecule has 1 aromatic carbocycles. The first-order chi connectivity index (χ1) is 9.38. The second-order valence-electron chi connectivity index (χ2n) is 4.26. The summed E-state index contributed by atoms with van der Waals surface area (Å²) in [6.07, 6.45) is -3.44. The Hall–Kier alpha value is -2.15. The molecule has 7 heteroatoms. The average Bonchev–Trinajstić information content (AvgIpc) is 2.38. The van der Waals surface area contributed by atoms with Gasteiger partial charge in [0.1, 0.15) is 5.69 Å². The molecular formula is C13H13F3N4. The van der Waals surface area contributed by atoms with Gasteiger partial charge in [-0.2, -0.15) is 13.2 Å². The van der Waals surface area contributed by atoms with E-state index in [0.29, 0.717) is 5.69 Å². The quantitative estimate of drug-likeness (QED) is 0.907. The van der Waals surface area contributed by atoms with E-state index in [1.165, 1.54) is 0 Å². The number of para-hydroxylation sites is 1. The third-order valence-corrected chi connectivity index (χ3v) is 2.64. The summed E-state index contributed by atoms with van der Waals surface area (Å²) in [5.74, 6) is -0.118. The molecule has 0 fully saturated rings. The largest absolute Gasteiger partial charge is 0.433 e. The number of nitrogens with two attached hydrogens (primary N) is 1. The molecule has 1 unspecified atom stereocenters. The van der Waals surface area contributed by atoms with Gasteiger partial charge < -0.3 is 11.1 Å². The second kappa shape index (κ2) is 5.46. The number of rotatable bonds is 3. The summed E-state index contributed by atoms with van der Waals surface area (Å²) in [6, 6.07) is 7.62. The molecule has 0 amide bonds. The molecule has 2 aromatic rings. The van der Waals surface area contributed by atoms with Gasteiger partial charge in [0.05, 0.1) is 0 Å². The lowest BCUT2D eigenvalue weighted by Gasteiger charge is -2.14. The molecule has 20 heavy (non-hydrogen) atoms. The molecule has 0 saturated carbocycles. The van der Waals surface area contributed by atoms with E-state index in [-0.39, 0.29) is 12.0 Å². The molecule has 0 bridgehead atoms. The van der Waals surface area contributed by atoms with E-state index in [4.69, 9.17) is 5.73 Å². The Morgan fingerprint density at radius 1 is 1.20 bits per heavy atom. The fourth-order valence-electron chi connectivity index (χ4n) is 1.71. The number of halogens is 3. The van der Waals surface area contributed by atoms with Crippen LogP contribution in [-0.2, 0) is 6.18 Å². The highest BCUT2D eigenvalue weighted by Crippen LogP contribution is 2.29. The molecule has 1 aromatic heterocycles. The van der Waals surface area contributed by atoms with Crippen molar-refractivity contribution >= 4 is 11.6 Å². The highest BCUT2D eigenvalue weighted by molar-refractivity contribution is 5.59. The highest BCUT2D eigenvalue weighted by atomic mass is 19.4. The zero-order valence-corrected chi connectivity index (χ0v) is 10.6. The third kappa shape index (κ3) is 3.24. The topological polar surface area (TPSA) is 63.8 Å². The molecule has 1 heterocycles. The maximum absolute atomic E-state index is 12.6. The number of nitrogens with zero attached hydrogens (tertiary/aromatic N) is 2. The van der Waals surface area contributed by atoms with Gasteiger partial charge in [0.15, 0.2) is 0 Å². The number of hydrogen-bond donors (Lipinski definition) is 2. The summed E-state index contributed by atoms with van der Waals surface area (Å²) in [4.78, 5) is 7.24. The number of hydrogen-bond acceptors (Lipinski definition) is 4. The van der Waals surface area contributed by atoms with Crippen molar-refractivity contribution in [3.63, 3.8) is 0 Å². The number of benzene rings is 1. The maximum atomic E-state index is 12.6. The number of anilines is 2. The predicted molar refractivity (Wildman–Crippen MR) is 69.4 cm³/mol. The van der Waals surface area contributed by atoms with E-state index in [0.717, 1.165) is 17.8 Å². The first-order valence-electron chi connectivity index (χ1n) is 5.89. The van der Waals surface area contributed by atoms with Crippen LogP contribution in [-0.4, -0.2) is 9.97 Å². The molecule has 4 nitrogen and oxygen atoms in total. The molecule has 0 saturated heterocycles. The number of alkyl halides is 3. The van der Waals surface area contributed by atoms with Crippen LogP contribution in [0.5, 0.6) is 0 Å². The Morgan fingerprint density at radius 3 is 2.55 bits per heavy atom. The van der Waals surface area contributed by atoms with E-state index < -0.39 is 11.9 Å². The zero-order chi connectivity index (χ0) is 14.8. The summed E-state index contributed by atoms with van der Waals surface area (Å²) in [6.45, 7) is 1.79. The van der Waals surface area contributed by atoms with Crippen LogP contribution in [0.4, 0.5) is 24.8 Å². The molecular weight excluding hydrogens is 269 g/mol. The SMILES string of the molecule is CC(N)c1ccccc1Nc1nccc(C(F)(F)F)n1. The van der Waals surface area contributed by atoms with Crippen LogP contribution in [0.1, 0.15) is 24.2 Å². The zero-order valence-electron chi connectivity index (χ0n) is 10.6. The summed E-state index contributed by atoms with van der Waals surface area (Å²) in [7, 11) is 0. The number of nitrogens with one attached hydrogen (secondary N) is 1. The van der Waals surface area contributed by atoms with Gasteiger partial charge in [0, 0.05) is 17.9 Å². The van der Waals surface area contributed by atoms with Gasteiger partial charge in [-0.05, 0) is 24.6 Å². The monoisotopic (exact) mass is 282 g/mol. The lowest BCUT2D eigenvalue weighted by molar-refractivity contribution is -0.141. The smallest absolute Gasteiger partial charge is 0.324 e. The molecule has 1 atom stereocenters. The molecule has 2 rings (SSSR count). The van der Waals surface area contributed by atoms with Crippen molar-refractivity contribution in [2.45, 2.75) is 19.1 Å². The highest BCUT2D eigenvalue weighted by Gasteiger charge is 2.32. The van der Waals surface area contributed by atoms with Crippen LogP contribution in [0.3, 0.4) is 0 Å². The standard InChI is InChI=1S/C13H13F3N4/c1-8(17)9-4-2-3-5-10(9)19-12-18-7-6-11(20-12)13(14,15)16/h2-8H,17H2,1H3,(H,18,19,20). The second-order valence-corrected chi connectivity index (χ2v) is 4.26. The van der Waals surface area contributed by atoms with Crippen molar-refractivity contribution in [3.8, 4) is 0 Å². The Bertz CT molecular complexity index is 596. The minimum absolute atomic E-state index is 0.118. The van der Waals surface area contributed by atoms with Gasteiger partial charge in [-0.3, -0.25) is 0 Å². The van der Waals surface area contributed by atoms with E-state index in [1.54, 1.807) is 31.2 Å². The molecule has 0 radical (unpaired) electrons. The van der Waals surface area contributed by atoms with E-state index >= 15 is 0 Å². The van der Waals surface area contributed by atoms with Crippen LogP contribution >= 0.6 is 0 Å². The Morgan fingerprint density at radius 2 is 1.90 bits per heavy atom. The summed E-state index contributed by atoms with van der Waals surface area (Å²) in [5.41, 5.74) is 6.17. The average molecular weight is 282 g/mol. The van der Waals surface area contributed by atoms with Crippen molar-refractivity contribution in [1.82, 2.24) is 9.97 Å². The maximum Gasteiger partial charge on any atom is 0.433 e. The van der Waals surface area contributed by atoms with Gasteiger partial charge in [-0.1, -0.05) is 18.2 Å². The van der Waals surface area contributed by atoms with Gasteiger partial charge in [0.25, 0.3) is 0 Å². The molecule has 0 aliphatic heterocycles. The van der Waals surface area contributed by atoms with E-state index in [1.807, 2.05) is 0 Å². The Balaban J connectivity index is 2.31. The van der Waals surface area contributed by atoms with E-state index in [2.05, 4.69) is 15.3 Å². The van der Waals surface area contributed by atoms with Crippen molar-refractivity contribution in [2.75, 3.05) is 5.32 Å². The molecule has 0 aliphatic rings. The Kier molecular flexibility index (Phi) is 3.89. The lowest BCUT2D eigenvalue weighted by Crippen LogP contribution is -2.12. The molecule has 0 aliphatic carbocycles. The van der Waals surface area contributed by atoms with E-state index in [9.17, 15) is 13.2 Å². The minimum Gasteiger partial charge on any atom is -0.324 e. The fourth-order valence-corrected chi connectivity index (χ4v) is 1.71. The minimum atomic E-state index is -4.50. The summed E-state index contributed by atoms with van der Waals surface area (Å²) in [5, 5.41) is 2.76. The van der Waals surface area contributed by atoms with Gasteiger partial charge >= 0.3 is 6.18 Å². The predicted octanol–water partition coefficient (Wildman–Crippen LogP) is 3.26. The van der Waals surface area contributed by atoms with Crippen molar-refractivity contribution in [1.29, 1.82) is 0 Å². The van der Waals surface area contributed by atoms with Crippen molar-refractivity contribution in [3.05, 3.63) is 47.8 Å². The van der Waals surface area contributed by atoms with Crippen LogP contribution < -0.4 is 11.1 Å². The first-order valence-corrected chi connectivity index (χ1v) is 5.89.